The Hall–Kier alpha value is -2.82. The van der Waals surface area contributed by atoms with E-state index in [2.05, 4.69) is 4.98 Å². The number of rotatable bonds is 3. The van der Waals surface area contributed by atoms with Crippen molar-refractivity contribution < 1.29 is 4.74 Å². The lowest BCUT2D eigenvalue weighted by Crippen LogP contribution is -2.17. The first-order valence-electron chi connectivity index (χ1n) is 6.60. The quantitative estimate of drug-likeness (QED) is 0.747. The van der Waals surface area contributed by atoms with Gasteiger partial charge in [-0.3, -0.25) is 9.20 Å². The minimum atomic E-state index is -0.122. The molecule has 5 nitrogen and oxygen atoms in total. The fourth-order valence-corrected chi connectivity index (χ4v) is 2.15. The van der Waals surface area contributed by atoms with Gasteiger partial charge >= 0.3 is 0 Å². The number of pyridine rings is 1. The molecule has 0 aliphatic heterocycles. The van der Waals surface area contributed by atoms with E-state index in [4.69, 9.17) is 10.5 Å². The molecule has 21 heavy (non-hydrogen) atoms. The summed E-state index contributed by atoms with van der Waals surface area (Å²) in [6.45, 7) is 2.12. The highest BCUT2D eigenvalue weighted by Crippen LogP contribution is 2.20. The van der Waals surface area contributed by atoms with Gasteiger partial charge in [0.2, 0.25) is 0 Å². The first-order valence-corrected chi connectivity index (χ1v) is 6.60. The highest BCUT2D eigenvalue weighted by atomic mass is 16.5. The number of para-hydroxylation sites is 2. The van der Waals surface area contributed by atoms with Gasteiger partial charge in [-0.2, -0.15) is 0 Å². The molecular weight excluding hydrogens is 266 g/mol. The van der Waals surface area contributed by atoms with Gasteiger partial charge in [0.15, 0.2) is 0 Å². The summed E-state index contributed by atoms with van der Waals surface area (Å²) in [6, 6.07) is 12.5. The zero-order valence-electron chi connectivity index (χ0n) is 11.6. The normalized spacial score (nSPS) is 10.7. The molecule has 1 aromatic carbocycles. The molecule has 2 heterocycles. The fourth-order valence-electron chi connectivity index (χ4n) is 2.15. The van der Waals surface area contributed by atoms with Gasteiger partial charge in [-0.25, -0.2) is 4.98 Å². The molecule has 0 unspecified atom stereocenters. The van der Waals surface area contributed by atoms with Gasteiger partial charge in [0, 0.05) is 12.3 Å². The number of hydrogen-bond acceptors (Lipinski definition) is 4. The maximum absolute atomic E-state index is 12.1. The molecule has 0 fully saturated rings. The van der Waals surface area contributed by atoms with Crippen molar-refractivity contribution in [3.05, 3.63) is 70.3 Å². The van der Waals surface area contributed by atoms with Gasteiger partial charge in [-0.05, 0) is 30.7 Å². The van der Waals surface area contributed by atoms with Crippen LogP contribution >= 0.6 is 0 Å². The molecule has 106 valence electrons. The first kappa shape index (κ1) is 13.2. The lowest BCUT2D eigenvalue weighted by atomic mass is 10.3. The Kier molecular flexibility index (Phi) is 3.31. The standard InChI is InChI=1S/C16H15N3O2/c1-11-5-4-8-19-15(20)9-12(18-16(11)19)10-21-14-7-3-2-6-13(14)17/h2-9H,10,17H2,1H3. The van der Waals surface area contributed by atoms with E-state index >= 15 is 0 Å². The van der Waals surface area contributed by atoms with Crippen molar-refractivity contribution >= 4 is 11.3 Å². The molecule has 0 bridgehead atoms. The molecule has 2 N–H and O–H groups in total. The Morgan fingerprint density at radius 1 is 1.24 bits per heavy atom. The third kappa shape index (κ3) is 2.58. The predicted molar refractivity (Wildman–Crippen MR) is 81.4 cm³/mol. The second kappa shape index (κ2) is 5.28. The largest absolute Gasteiger partial charge is 0.485 e. The van der Waals surface area contributed by atoms with Crippen LogP contribution in [0.4, 0.5) is 5.69 Å². The van der Waals surface area contributed by atoms with E-state index < -0.39 is 0 Å². The number of anilines is 1. The average Bonchev–Trinajstić information content (AvgIpc) is 2.48. The summed E-state index contributed by atoms with van der Waals surface area (Å²) in [6.07, 6.45) is 1.71. The topological polar surface area (TPSA) is 69.6 Å². The Labute approximate surface area is 121 Å². The summed E-state index contributed by atoms with van der Waals surface area (Å²) in [7, 11) is 0. The van der Waals surface area contributed by atoms with Crippen LogP contribution in [0.15, 0.2) is 53.5 Å². The number of nitrogens with zero attached hydrogens (tertiary/aromatic N) is 2. The summed E-state index contributed by atoms with van der Waals surface area (Å²) in [5.74, 6) is 0.587. The molecule has 0 saturated carbocycles. The molecule has 5 heteroatoms. The third-order valence-electron chi connectivity index (χ3n) is 3.23. The van der Waals surface area contributed by atoms with E-state index in [1.54, 1.807) is 18.3 Å². The van der Waals surface area contributed by atoms with Gasteiger partial charge in [-0.1, -0.05) is 18.2 Å². The molecular formula is C16H15N3O2. The third-order valence-corrected chi connectivity index (χ3v) is 3.23. The van der Waals surface area contributed by atoms with Gasteiger partial charge < -0.3 is 10.5 Å². The van der Waals surface area contributed by atoms with Crippen molar-refractivity contribution in [2.45, 2.75) is 13.5 Å². The molecule has 0 aliphatic carbocycles. The van der Waals surface area contributed by atoms with E-state index in [9.17, 15) is 4.79 Å². The Balaban J connectivity index is 1.93. The molecule has 2 aromatic heterocycles. The minimum absolute atomic E-state index is 0.122. The molecule has 0 amide bonds. The van der Waals surface area contributed by atoms with E-state index in [-0.39, 0.29) is 12.2 Å². The SMILES string of the molecule is Cc1cccn2c(=O)cc(COc3ccccc3N)nc12. The molecule has 3 aromatic rings. The predicted octanol–water partition coefficient (Wildman–Crippen LogP) is 2.16. The van der Waals surface area contributed by atoms with Crippen LogP contribution in [0.2, 0.25) is 0 Å². The number of aromatic nitrogens is 2. The Morgan fingerprint density at radius 3 is 2.86 bits per heavy atom. The Bertz CT molecular complexity index is 856. The highest BCUT2D eigenvalue weighted by molar-refractivity contribution is 5.52. The van der Waals surface area contributed by atoms with Crippen LogP contribution in [0.5, 0.6) is 5.75 Å². The maximum atomic E-state index is 12.1. The lowest BCUT2D eigenvalue weighted by molar-refractivity contribution is 0.303. The van der Waals surface area contributed by atoms with Crippen molar-refractivity contribution in [1.29, 1.82) is 0 Å². The Morgan fingerprint density at radius 2 is 2.05 bits per heavy atom. The summed E-state index contributed by atoms with van der Waals surface area (Å²) in [5.41, 5.74) is 8.42. The van der Waals surface area contributed by atoms with E-state index in [1.807, 2.05) is 31.2 Å². The smallest absolute Gasteiger partial charge is 0.258 e. The van der Waals surface area contributed by atoms with Crippen molar-refractivity contribution in [1.82, 2.24) is 9.38 Å². The molecule has 0 spiro atoms. The number of aryl methyl sites for hydroxylation is 1. The van der Waals surface area contributed by atoms with Crippen LogP contribution in [0.3, 0.4) is 0 Å². The monoisotopic (exact) mass is 281 g/mol. The number of nitrogen functional groups attached to an aromatic ring is 1. The second-order valence-corrected chi connectivity index (χ2v) is 4.80. The number of nitrogens with two attached hydrogens (primary N) is 1. The van der Waals surface area contributed by atoms with Crippen LogP contribution in [0, 0.1) is 6.92 Å². The minimum Gasteiger partial charge on any atom is -0.485 e. The van der Waals surface area contributed by atoms with Gasteiger partial charge in [-0.15, -0.1) is 0 Å². The molecule has 3 rings (SSSR count). The van der Waals surface area contributed by atoms with Crippen molar-refractivity contribution in [3.63, 3.8) is 0 Å². The van der Waals surface area contributed by atoms with Crippen LogP contribution in [-0.2, 0) is 6.61 Å². The van der Waals surface area contributed by atoms with E-state index in [1.165, 1.54) is 10.5 Å². The fraction of sp³-hybridized carbons (Fsp3) is 0.125. The second-order valence-electron chi connectivity index (χ2n) is 4.80. The van der Waals surface area contributed by atoms with Crippen molar-refractivity contribution in [3.8, 4) is 5.75 Å². The van der Waals surface area contributed by atoms with Gasteiger partial charge in [0.1, 0.15) is 18.0 Å². The number of ether oxygens (including phenoxy) is 1. The number of benzene rings is 1. The summed E-state index contributed by atoms with van der Waals surface area (Å²) >= 11 is 0. The lowest BCUT2D eigenvalue weighted by Gasteiger charge is -2.09. The van der Waals surface area contributed by atoms with Crippen LogP contribution in [0.1, 0.15) is 11.3 Å². The van der Waals surface area contributed by atoms with E-state index in [0.717, 1.165) is 5.56 Å². The van der Waals surface area contributed by atoms with Crippen molar-refractivity contribution in [2.24, 2.45) is 0 Å². The summed E-state index contributed by atoms with van der Waals surface area (Å²) in [5, 5.41) is 0. The van der Waals surface area contributed by atoms with Gasteiger partial charge in [0.25, 0.3) is 5.56 Å². The zero-order valence-corrected chi connectivity index (χ0v) is 11.6. The van der Waals surface area contributed by atoms with E-state index in [0.29, 0.717) is 22.8 Å². The average molecular weight is 281 g/mol. The highest BCUT2D eigenvalue weighted by Gasteiger charge is 2.06. The zero-order chi connectivity index (χ0) is 14.8. The molecule has 0 atom stereocenters. The summed E-state index contributed by atoms with van der Waals surface area (Å²) in [4.78, 5) is 16.6. The van der Waals surface area contributed by atoms with Crippen LogP contribution < -0.4 is 16.0 Å². The number of fused-ring (bicyclic) bond motifs is 1. The van der Waals surface area contributed by atoms with Crippen molar-refractivity contribution in [2.75, 3.05) is 5.73 Å². The first-order chi connectivity index (χ1) is 10.1. The number of hydrogen-bond donors (Lipinski definition) is 1. The molecule has 0 aliphatic rings. The summed E-state index contributed by atoms with van der Waals surface area (Å²) < 4.78 is 7.15. The molecule has 0 radical (unpaired) electrons. The van der Waals surface area contributed by atoms with Crippen LogP contribution in [-0.4, -0.2) is 9.38 Å². The van der Waals surface area contributed by atoms with Gasteiger partial charge in [0.05, 0.1) is 11.4 Å². The maximum Gasteiger partial charge on any atom is 0.258 e. The molecule has 0 saturated heterocycles. The van der Waals surface area contributed by atoms with Crippen LogP contribution in [0.25, 0.3) is 5.65 Å².